The third kappa shape index (κ3) is 5.98. The predicted octanol–water partition coefficient (Wildman–Crippen LogP) is 6.46. The molecule has 0 spiro atoms. The average Bonchev–Trinajstić information content (AvgIpc) is 2.88. The Hall–Kier alpha value is -4.11. The van der Waals surface area contributed by atoms with E-state index in [4.69, 9.17) is 4.74 Å². The zero-order valence-electron chi connectivity index (χ0n) is 18.7. The second kappa shape index (κ2) is 11.0. The first kappa shape index (κ1) is 22.1. The van der Waals surface area contributed by atoms with Gasteiger partial charge in [0.2, 0.25) is 0 Å². The van der Waals surface area contributed by atoms with Gasteiger partial charge in [0.15, 0.2) is 0 Å². The third-order valence-electron chi connectivity index (χ3n) is 5.46. The second-order valence-corrected chi connectivity index (χ2v) is 7.83. The Labute approximate surface area is 195 Å². The van der Waals surface area contributed by atoms with Gasteiger partial charge in [-0.15, -0.1) is 0 Å². The molecule has 0 saturated heterocycles. The van der Waals surface area contributed by atoms with Gasteiger partial charge in [0.05, 0.1) is 7.11 Å². The number of carbonyl (C=O) groups excluding carboxylic acids is 1. The van der Waals surface area contributed by atoms with Crippen LogP contribution in [0.15, 0.2) is 115 Å². The number of methoxy groups -OCH3 is 1. The molecular formula is C30H27NO2. The Balaban J connectivity index is 1.73. The molecule has 4 aromatic rings. The van der Waals surface area contributed by atoms with Crippen LogP contribution in [0.4, 0.5) is 0 Å². The molecule has 0 bridgehead atoms. The number of nitrogens with zero attached hydrogens (tertiary/aromatic N) is 1. The van der Waals surface area contributed by atoms with Crippen molar-refractivity contribution in [1.82, 2.24) is 4.90 Å². The zero-order valence-corrected chi connectivity index (χ0v) is 18.7. The van der Waals surface area contributed by atoms with Crippen LogP contribution >= 0.6 is 0 Å². The molecule has 4 rings (SSSR count). The van der Waals surface area contributed by atoms with E-state index >= 15 is 0 Å². The number of ether oxygens (including phenoxy) is 1. The number of hydrogen-bond acceptors (Lipinski definition) is 2. The maximum absolute atomic E-state index is 14.0. The first-order valence-corrected chi connectivity index (χ1v) is 11.0. The maximum atomic E-state index is 14.0. The van der Waals surface area contributed by atoms with Crippen LogP contribution in [-0.2, 0) is 17.9 Å². The summed E-state index contributed by atoms with van der Waals surface area (Å²) in [6.45, 7) is 1.06. The normalized spacial score (nSPS) is 11.1. The highest BCUT2D eigenvalue weighted by molar-refractivity contribution is 6.24. The van der Waals surface area contributed by atoms with Crippen LogP contribution in [-0.4, -0.2) is 17.9 Å². The minimum absolute atomic E-state index is 0.00951. The Morgan fingerprint density at radius 3 is 1.67 bits per heavy atom. The van der Waals surface area contributed by atoms with Crippen molar-refractivity contribution in [1.29, 1.82) is 0 Å². The number of hydrogen-bond donors (Lipinski definition) is 0. The monoisotopic (exact) mass is 433 g/mol. The molecule has 0 saturated carbocycles. The van der Waals surface area contributed by atoms with E-state index in [2.05, 4.69) is 24.3 Å². The predicted molar refractivity (Wildman–Crippen MR) is 134 cm³/mol. The van der Waals surface area contributed by atoms with E-state index in [1.165, 1.54) is 0 Å². The lowest BCUT2D eigenvalue weighted by molar-refractivity contribution is -0.126. The summed E-state index contributed by atoms with van der Waals surface area (Å²) in [4.78, 5) is 15.9. The molecule has 0 fully saturated rings. The van der Waals surface area contributed by atoms with Gasteiger partial charge < -0.3 is 9.64 Å². The first-order chi connectivity index (χ1) is 16.2. The Bertz CT molecular complexity index is 1140. The smallest absolute Gasteiger partial charge is 0.255 e. The zero-order chi connectivity index (χ0) is 22.9. The highest BCUT2D eigenvalue weighted by Crippen LogP contribution is 2.24. The van der Waals surface area contributed by atoms with E-state index in [0.29, 0.717) is 18.7 Å². The molecule has 0 aliphatic rings. The van der Waals surface area contributed by atoms with Crippen LogP contribution in [0.25, 0.3) is 11.6 Å². The summed E-state index contributed by atoms with van der Waals surface area (Å²) in [5.74, 6) is 0.777. The van der Waals surface area contributed by atoms with Crippen molar-refractivity contribution in [3.05, 3.63) is 138 Å². The molecule has 33 heavy (non-hydrogen) atoms. The van der Waals surface area contributed by atoms with E-state index in [-0.39, 0.29) is 5.91 Å². The molecule has 0 atom stereocenters. The first-order valence-electron chi connectivity index (χ1n) is 11.0. The van der Waals surface area contributed by atoms with Crippen molar-refractivity contribution in [2.75, 3.05) is 7.11 Å². The lowest BCUT2D eigenvalue weighted by Gasteiger charge is -2.25. The Morgan fingerprint density at radius 2 is 1.18 bits per heavy atom. The third-order valence-corrected chi connectivity index (χ3v) is 5.46. The van der Waals surface area contributed by atoms with Crippen LogP contribution in [0.5, 0.6) is 5.75 Å². The second-order valence-electron chi connectivity index (χ2n) is 7.83. The molecule has 164 valence electrons. The van der Waals surface area contributed by atoms with Gasteiger partial charge in [-0.05, 0) is 40.5 Å². The standard InChI is InChI=1S/C30H27NO2/c1-33-28-19-17-24(18-20-28)21-29(27-15-9-4-10-16-27)30(32)31(22-25-11-5-2-6-12-25)23-26-13-7-3-8-14-26/h2-21H,22-23H2,1H3. The summed E-state index contributed by atoms with van der Waals surface area (Å²) in [6.07, 6.45) is 1.96. The van der Waals surface area contributed by atoms with Crippen molar-refractivity contribution < 1.29 is 9.53 Å². The van der Waals surface area contributed by atoms with Crippen LogP contribution in [0.1, 0.15) is 22.3 Å². The van der Waals surface area contributed by atoms with Crippen LogP contribution in [0.3, 0.4) is 0 Å². The van der Waals surface area contributed by atoms with Gasteiger partial charge in [0.25, 0.3) is 5.91 Å². The number of carbonyl (C=O) groups is 1. The molecule has 0 radical (unpaired) electrons. The summed E-state index contributed by atoms with van der Waals surface area (Å²) in [6, 6.07) is 37.8. The lowest BCUT2D eigenvalue weighted by atomic mass is 10.0. The SMILES string of the molecule is COc1ccc(C=C(C(=O)N(Cc2ccccc2)Cc2ccccc2)c2ccccc2)cc1. The van der Waals surface area contributed by atoms with Crippen molar-refractivity contribution in [2.45, 2.75) is 13.1 Å². The van der Waals surface area contributed by atoms with Crippen LogP contribution < -0.4 is 4.74 Å². The molecule has 0 heterocycles. The minimum Gasteiger partial charge on any atom is -0.497 e. The van der Waals surface area contributed by atoms with Crippen molar-refractivity contribution in [3.63, 3.8) is 0 Å². The molecule has 0 aliphatic heterocycles. The largest absolute Gasteiger partial charge is 0.497 e. The lowest BCUT2D eigenvalue weighted by Crippen LogP contribution is -2.30. The number of rotatable bonds is 8. The summed E-state index contributed by atoms with van der Waals surface area (Å²) in [5.41, 5.74) is 4.69. The van der Waals surface area contributed by atoms with E-state index in [1.807, 2.05) is 102 Å². The topological polar surface area (TPSA) is 29.5 Å². The Kier molecular flexibility index (Phi) is 7.34. The highest BCUT2D eigenvalue weighted by atomic mass is 16.5. The minimum atomic E-state index is -0.00951. The summed E-state index contributed by atoms with van der Waals surface area (Å²) < 4.78 is 5.28. The molecule has 0 unspecified atom stereocenters. The van der Waals surface area contributed by atoms with E-state index < -0.39 is 0 Å². The molecular weight excluding hydrogens is 406 g/mol. The molecule has 1 amide bonds. The fourth-order valence-corrected chi connectivity index (χ4v) is 3.73. The summed E-state index contributed by atoms with van der Waals surface area (Å²) in [7, 11) is 1.65. The molecule has 0 aromatic heterocycles. The molecule has 4 aromatic carbocycles. The van der Waals surface area contributed by atoms with Crippen molar-refractivity contribution in [3.8, 4) is 5.75 Å². The summed E-state index contributed by atoms with van der Waals surface area (Å²) in [5, 5.41) is 0. The van der Waals surface area contributed by atoms with Crippen LogP contribution in [0.2, 0.25) is 0 Å². The van der Waals surface area contributed by atoms with E-state index in [1.54, 1.807) is 7.11 Å². The van der Waals surface area contributed by atoms with E-state index in [0.717, 1.165) is 28.0 Å². The van der Waals surface area contributed by atoms with E-state index in [9.17, 15) is 4.79 Å². The quantitative estimate of drug-likeness (QED) is 0.236. The molecule has 3 nitrogen and oxygen atoms in total. The van der Waals surface area contributed by atoms with Gasteiger partial charge in [-0.3, -0.25) is 4.79 Å². The van der Waals surface area contributed by atoms with Gasteiger partial charge in [0.1, 0.15) is 5.75 Å². The van der Waals surface area contributed by atoms with Crippen LogP contribution in [0, 0.1) is 0 Å². The fourth-order valence-electron chi connectivity index (χ4n) is 3.73. The van der Waals surface area contributed by atoms with Gasteiger partial charge in [-0.1, -0.05) is 103 Å². The average molecular weight is 434 g/mol. The molecule has 0 N–H and O–H groups in total. The highest BCUT2D eigenvalue weighted by Gasteiger charge is 2.20. The van der Waals surface area contributed by atoms with Gasteiger partial charge in [-0.2, -0.15) is 0 Å². The molecule has 0 aliphatic carbocycles. The Morgan fingerprint density at radius 1 is 0.697 bits per heavy atom. The van der Waals surface area contributed by atoms with Crippen molar-refractivity contribution in [2.24, 2.45) is 0 Å². The number of benzene rings is 4. The number of amides is 1. The van der Waals surface area contributed by atoms with Crippen molar-refractivity contribution >= 4 is 17.6 Å². The van der Waals surface area contributed by atoms with Gasteiger partial charge in [-0.25, -0.2) is 0 Å². The summed E-state index contributed by atoms with van der Waals surface area (Å²) >= 11 is 0. The maximum Gasteiger partial charge on any atom is 0.255 e. The van der Waals surface area contributed by atoms with Gasteiger partial charge in [0, 0.05) is 18.7 Å². The van der Waals surface area contributed by atoms with Gasteiger partial charge >= 0.3 is 0 Å². The fraction of sp³-hybridized carbons (Fsp3) is 0.100. The molecule has 3 heteroatoms.